The van der Waals surface area contributed by atoms with E-state index in [2.05, 4.69) is 10.3 Å². The second kappa shape index (κ2) is 11.3. The Morgan fingerprint density at radius 3 is 2.26 bits per heavy atom. The summed E-state index contributed by atoms with van der Waals surface area (Å²) in [6.45, 7) is 10.8. The molecule has 0 unspecified atom stereocenters. The van der Waals surface area contributed by atoms with Crippen molar-refractivity contribution in [3.63, 3.8) is 0 Å². The maximum atomic E-state index is 13.2. The molecule has 34 heavy (non-hydrogen) atoms. The van der Waals surface area contributed by atoms with E-state index in [1.54, 1.807) is 46.8 Å². The molecule has 0 aliphatic carbocycles. The van der Waals surface area contributed by atoms with Crippen molar-refractivity contribution in [1.82, 2.24) is 10.3 Å². The fourth-order valence-corrected chi connectivity index (χ4v) is 4.63. The highest BCUT2D eigenvalue weighted by molar-refractivity contribution is 7.87. The van der Waals surface area contributed by atoms with Crippen molar-refractivity contribution >= 4 is 39.2 Å². The lowest BCUT2D eigenvalue weighted by Crippen LogP contribution is -2.43. The highest BCUT2D eigenvalue weighted by Crippen LogP contribution is 2.26. The molecule has 1 amide bonds. The minimum absolute atomic E-state index is 0.208. The fraction of sp³-hybridized carbons (Fsp3) is 0.522. The van der Waals surface area contributed by atoms with Gasteiger partial charge in [-0.1, -0.05) is 32.9 Å². The van der Waals surface area contributed by atoms with Crippen LogP contribution in [0.15, 0.2) is 29.6 Å². The van der Waals surface area contributed by atoms with Crippen LogP contribution in [0.2, 0.25) is 0 Å². The van der Waals surface area contributed by atoms with E-state index in [1.807, 2.05) is 17.0 Å². The topological polar surface area (TPSA) is 135 Å². The molecular weight excluding hydrogens is 478 g/mol. The van der Waals surface area contributed by atoms with E-state index in [0.717, 1.165) is 17.7 Å². The maximum absolute atomic E-state index is 13.2. The molecule has 2 aromatic rings. The van der Waals surface area contributed by atoms with Gasteiger partial charge in [0.2, 0.25) is 5.91 Å². The molecule has 0 bridgehead atoms. The summed E-state index contributed by atoms with van der Waals surface area (Å²) < 4.78 is 38.4. The summed E-state index contributed by atoms with van der Waals surface area (Å²) in [4.78, 5) is 30.6. The van der Waals surface area contributed by atoms with Crippen molar-refractivity contribution in [3.8, 4) is 0 Å². The van der Waals surface area contributed by atoms with Crippen molar-refractivity contribution in [2.45, 2.75) is 66.0 Å². The van der Waals surface area contributed by atoms with Crippen LogP contribution in [0, 0.1) is 11.8 Å². The molecule has 0 aliphatic heterocycles. The van der Waals surface area contributed by atoms with Gasteiger partial charge in [0, 0.05) is 5.38 Å². The first kappa shape index (κ1) is 27.7. The van der Waals surface area contributed by atoms with E-state index in [1.165, 1.54) is 23.5 Å². The van der Waals surface area contributed by atoms with Crippen molar-refractivity contribution in [3.05, 3.63) is 45.9 Å². The monoisotopic (exact) mass is 511 g/mol. The molecule has 0 saturated carbocycles. The SMILES string of the molecule is CCc1csc([C@H](Cc2ccc(NS(=O)(=O)O)cc2)NC(=O)[C@@H](C(=O)OC(C)(C)C)C(C)C)n1. The molecule has 1 aromatic heterocycles. The molecule has 2 rings (SSSR count). The van der Waals surface area contributed by atoms with Crippen LogP contribution in [0.5, 0.6) is 0 Å². The third-order valence-corrected chi connectivity index (χ3v) is 6.30. The normalized spacial score (nSPS) is 13.9. The fourth-order valence-electron chi connectivity index (χ4n) is 3.25. The Hall–Kier alpha value is -2.50. The Labute approximate surface area is 205 Å². The average molecular weight is 512 g/mol. The van der Waals surface area contributed by atoms with Gasteiger partial charge in [0.25, 0.3) is 0 Å². The number of aryl methyl sites for hydroxylation is 1. The van der Waals surface area contributed by atoms with Crippen LogP contribution in [0.1, 0.15) is 63.8 Å². The van der Waals surface area contributed by atoms with Gasteiger partial charge in [0.1, 0.15) is 16.5 Å². The molecule has 0 fully saturated rings. The Morgan fingerprint density at radius 2 is 1.79 bits per heavy atom. The molecule has 11 heteroatoms. The summed E-state index contributed by atoms with van der Waals surface area (Å²) in [5.41, 5.74) is 1.20. The zero-order chi connectivity index (χ0) is 25.7. The Balaban J connectivity index is 2.28. The molecular formula is C23H33N3O6S2. The highest BCUT2D eigenvalue weighted by atomic mass is 32.2. The summed E-state index contributed by atoms with van der Waals surface area (Å²) in [5.74, 6) is -2.27. The number of thiazole rings is 1. The lowest BCUT2D eigenvalue weighted by molar-refractivity contribution is -0.164. The molecule has 1 aromatic carbocycles. The molecule has 0 spiro atoms. The Bertz CT molecular complexity index is 1090. The highest BCUT2D eigenvalue weighted by Gasteiger charge is 2.35. The predicted molar refractivity (Wildman–Crippen MR) is 132 cm³/mol. The molecule has 1 heterocycles. The van der Waals surface area contributed by atoms with Crippen molar-refractivity contribution in [2.24, 2.45) is 11.8 Å². The molecule has 188 valence electrons. The first-order chi connectivity index (χ1) is 15.7. The third kappa shape index (κ3) is 8.69. The van der Waals surface area contributed by atoms with Gasteiger partial charge < -0.3 is 10.1 Å². The van der Waals surface area contributed by atoms with Crippen LogP contribution in [-0.2, 0) is 37.5 Å². The first-order valence-corrected chi connectivity index (χ1v) is 13.3. The van der Waals surface area contributed by atoms with Gasteiger partial charge in [0.15, 0.2) is 0 Å². The number of anilines is 1. The molecule has 9 nitrogen and oxygen atoms in total. The summed E-state index contributed by atoms with van der Waals surface area (Å²) in [6.07, 6.45) is 1.12. The number of hydrogen-bond acceptors (Lipinski definition) is 7. The number of nitrogens with zero attached hydrogens (tertiary/aromatic N) is 1. The third-order valence-electron chi connectivity index (χ3n) is 4.80. The molecule has 3 N–H and O–H groups in total. The van der Waals surface area contributed by atoms with Gasteiger partial charge in [-0.05, 0) is 57.2 Å². The van der Waals surface area contributed by atoms with Crippen molar-refractivity contribution in [1.29, 1.82) is 0 Å². The number of ether oxygens (including phenoxy) is 1. The lowest BCUT2D eigenvalue weighted by Gasteiger charge is -2.27. The van der Waals surface area contributed by atoms with Crippen molar-refractivity contribution in [2.75, 3.05) is 4.72 Å². The number of rotatable bonds is 10. The number of esters is 1. The van der Waals surface area contributed by atoms with E-state index < -0.39 is 39.7 Å². The van der Waals surface area contributed by atoms with E-state index in [4.69, 9.17) is 9.29 Å². The predicted octanol–water partition coefficient (Wildman–Crippen LogP) is 3.93. The van der Waals surface area contributed by atoms with Crippen LogP contribution in [0.4, 0.5) is 5.69 Å². The van der Waals surface area contributed by atoms with Crippen LogP contribution in [0.3, 0.4) is 0 Å². The lowest BCUT2D eigenvalue weighted by atomic mass is 9.94. The number of aromatic nitrogens is 1. The zero-order valence-corrected chi connectivity index (χ0v) is 21.9. The first-order valence-electron chi connectivity index (χ1n) is 11.0. The Kier molecular flexibility index (Phi) is 9.21. The van der Waals surface area contributed by atoms with Crippen LogP contribution in [-0.4, -0.2) is 35.4 Å². The number of nitrogens with one attached hydrogen (secondary N) is 2. The second-order valence-corrected chi connectivity index (χ2v) is 11.4. The van der Waals surface area contributed by atoms with Gasteiger partial charge in [-0.3, -0.25) is 18.9 Å². The number of amides is 1. The number of carbonyl (C=O) groups excluding carboxylic acids is 2. The largest absolute Gasteiger partial charge is 0.459 e. The zero-order valence-electron chi connectivity index (χ0n) is 20.3. The van der Waals surface area contributed by atoms with E-state index >= 15 is 0 Å². The standard InChI is InChI=1S/C23H33N3O6S2/c1-7-16-13-33-21(24-16)18(12-15-8-10-17(11-9-15)26-34(29,30)31)25-20(27)19(14(2)3)22(28)32-23(4,5)6/h8-11,13-14,18-19,26H,7,12H2,1-6H3,(H,25,27)(H,29,30,31)/t18-,19-/m0/s1. The van der Waals surface area contributed by atoms with E-state index in [0.29, 0.717) is 11.4 Å². The number of hydrogen-bond donors (Lipinski definition) is 3. The van der Waals surface area contributed by atoms with Gasteiger partial charge in [0.05, 0.1) is 17.4 Å². The molecule has 0 aliphatic rings. The summed E-state index contributed by atoms with van der Waals surface area (Å²) in [5, 5.41) is 5.61. The summed E-state index contributed by atoms with van der Waals surface area (Å²) in [6, 6.07) is 5.91. The van der Waals surface area contributed by atoms with E-state index in [-0.39, 0.29) is 11.6 Å². The van der Waals surface area contributed by atoms with Crippen LogP contribution in [0.25, 0.3) is 0 Å². The molecule has 0 saturated heterocycles. The number of carbonyl (C=O) groups is 2. The minimum Gasteiger partial charge on any atom is -0.459 e. The minimum atomic E-state index is -4.37. The maximum Gasteiger partial charge on any atom is 0.357 e. The van der Waals surface area contributed by atoms with Gasteiger partial charge >= 0.3 is 16.3 Å². The quantitative estimate of drug-likeness (QED) is 0.250. The number of benzene rings is 1. The van der Waals surface area contributed by atoms with Gasteiger partial charge in [-0.2, -0.15) is 8.42 Å². The smallest absolute Gasteiger partial charge is 0.357 e. The van der Waals surface area contributed by atoms with Crippen LogP contribution >= 0.6 is 11.3 Å². The van der Waals surface area contributed by atoms with Gasteiger partial charge in [-0.25, -0.2) is 4.98 Å². The van der Waals surface area contributed by atoms with E-state index in [9.17, 15) is 18.0 Å². The second-order valence-electron chi connectivity index (χ2n) is 9.33. The van der Waals surface area contributed by atoms with Gasteiger partial charge in [-0.15, -0.1) is 11.3 Å². The molecule has 0 radical (unpaired) electrons. The Morgan fingerprint density at radius 1 is 1.18 bits per heavy atom. The average Bonchev–Trinajstić information content (AvgIpc) is 3.15. The summed E-state index contributed by atoms with van der Waals surface area (Å²) >= 11 is 1.43. The van der Waals surface area contributed by atoms with Crippen LogP contribution < -0.4 is 10.0 Å². The molecule has 2 atom stereocenters. The van der Waals surface area contributed by atoms with Crippen molar-refractivity contribution < 1.29 is 27.3 Å². The summed E-state index contributed by atoms with van der Waals surface area (Å²) in [7, 11) is -4.37.